The molecule has 0 atom stereocenters. The number of carbonyl (C=O) groups is 2. The molecule has 0 aromatic carbocycles. The monoisotopic (exact) mass is 278 g/mol. The Bertz CT molecular complexity index is 378. The Morgan fingerprint density at radius 1 is 1.20 bits per heavy atom. The number of hydrogen-bond donors (Lipinski definition) is 1. The van der Waals surface area contributed by atoms with Crippen molar-refractivity contribution >= 4 is 11.8 Å². The van der Waals surface area contributed by atoms with E-state index in [-0.39, 0.29) is 17.7 Å². The first kappa shape index (κ1) is 15.1. The van der Waals surface area contributed by atoms with E-state index in [0.29, 0.717) is 19.1 Å². The van der Waals surface area contributed by atoms with Crippen LogP contribution in [0.15, 0.2) is 12.7 Å². The van der Waals surface area contributed by atoms with Gasteiger partial charge in [0.25, 0.3) is 0 Å². The van der Waals surface area contributed by atoms with E-state index in [1.807, 2.05) is 0 Å². The fourth-order valence-electron chi connectivity index (χ4n) is 3.20. The standard InChI is InChI=1S/C16H26N2O2/c1-4-15(19)18-9-13(10-18)16(20)17-14-7-5-12(6-8-14)11(2)3/h4,11-14H,1,5-10H2,2-3H3,(H,17,20). The molecule has 1 saturated heterocycles. The van der Waals surface area contributed by atoms with Crippen molar-refractivity contribution in [2.75, 3.05) is 13.1 Å². The quantitative estimate of drug-likeness (QED) is 0.799. The van der Waals surface area contributed by atoms with Gasteiger partial charge in [-0.1, -0.05) is 20.4 Å². The Kier molecular flexibility index (Phi) is 4.84. The van der Waals surface area contributed by atoms with Gasteiger partial charge >= 0.3 is 0 Å². The number of nitrogens with one attached hydrogen (secondary N) is 1. The van der Waals surface area contributed by atoms with Gasteiger partial charge in [0.05, 0.1) is 5.92 Å². The first-order valence-corrected chi connectivity index (χ1v) is 7.73. The molecule has 0 aromatic heterocycles. The summed E-state index contributed by atoms with van der Waals surface area (Å²) in [7, 11) is 0. The van der Waals surface area contributed by atoms with Crippen molar-refractivity contribution in [2.45, 2.75) is 45.6 Å². The van der Waals surface area contributed by atoms with Gasteiger partial charge in [-0.25, -0.2) is 0 Å². The summed E-state index contributed by atoms with van der Waals surface area (Å²) in [5.74, 6) is 1.57. The first-order chi connectivity index (χ1) is 9.51. The molecule has 1 heterocycles. The average molecular weight is 278 g/mol. The third kappa shape index (κ3) is 3.41. The molecule has 2 amide bonds. The Balaban J connectivity index is 1.69. The van der Waals surface area contributed by atoms with Gasteiger partial charge in [-0.2, -0.15) is 0 Å². The maximum absolute atomic E-state index is 12.1. The lowest BCUT2D eigenvalue weighted by Gasteiger charge is -2.39. The van der Waals surface area contributed by atoms with Crippen LogP contribution < -0.4 is 5.32 Å². The highest BCUT2D eigenvalue weighted by atomic mass is 16.2. The molecule has 0 bridgehead atoms. The van der Waals surface area contributed by atoms with Gasteiger partial charge in [0.15, 0.2) is 0 Å². The van der Waals surface area contributed by atoms with Crippen molar-refractivity contribution < 1.29 is 9.59 Å². The van der Waals surface area contributed by atoms with Crippen LogP contribution in [0, 0.1) is 17.8 Å². The van der Waals surface area contributed by atoms with Crippen LogP contribution in [0.25, 0.3) is 0 Å². The van der Waals surface area contributed by atoms with Gasteiger partial charge in [0.1, 0.15) is 0 Å². The Morgan fingerprint density at radius 2 is 1.80 bits per heavy atom. The van der Waals surface area contributed by atoms with Crippen LogP contribution in [-0.4, -0.2) is 35.8 Å². The highest BCUT2D eigenvalue weighted by Gasteiger charge is 2.35. The van der Waals surface area contributed by atoms with Gasteiger partial charge in [0, 0.05) is 19.1 Å². The van der Waals surface area contributed by atoms with E-state index in [4.69, 9.17) is 0 Å². The highest BCUT2D eigenvalue weighted by Crippen LogP contribution is 2.30. The maximum Gasteiger partial charge on any atom is 0.246 e. The molecule has 0 aromatic rings. The maximum atomic E-state index is 12.1. The Labute approximate surface area is 121 Å². The second-order valence-electron chi connectivity index (χ2n) is 6.51. The Hall–Kier alpha value is -1.32. The zero-order chi connectivity index (χ0) is 14.7. The molecular weight excluding hydrogens is 252 g/mol. The van der Waals surface area contributed by atoms with Gasteiger partial charge in [-0.05, 0) is 43.6 Å². The summed E-state index contributed by atoms with van der Waals surface area (Å²) in [6, 6.07) is 0.335. The summed E-state index contributed by atoms with van der Waals surface area (Å²) in [5, 5.41) is 3.16. The van der Waals surface area contributed by atoms with Crippen molar-refractivity contribution in [1.82, 2.24) is 10.2 Å². The molecule has 112 valence electrons. The summed E-state index contributed by atoms with van der Waals surface area (Å²) >= 11 is 0. The number of amides is 2. The molecule has 0 spiro atoms. The second-order valence-corrected chi connectivity index (χ2v) is 6.51. The fourth-order valence-corrected chi connectivity index (χ4v) is 3.20. The van der Waals surface area contributed by atoms with Gasteiger partial charge in [-0.3, -0.25) is 9.59 Å². The molecule has 0 radical (unpaired) electrons. The van der Waals surface area contributed by atoms with Crippen molar-refractivity contribution in [3.8, 4) is 0 Å². The summed E-state index contributed by atoms with van der Waals surface area (Å²) in [5.41, 5.74) is 0. The molecule has 20 heavy (non-hydrogen) atoms. The zero-order valence-electron chi connectivity index (χ0n) is 12.6. The average Bonchev–Trinajstić information content (AvgIpc) is 2.37. The molecule has 1 aliphatic carbocycles. The minimum Gasteiger partial charge on any atom is -0.353 e. The van der Waals surface area contributed by atoms with Crippen LogP contribution in [0.4, 0.5) is 0 Å². The van der Waals surface area contributed by atoms with E-state index in [9.17, 15) is 9.59 Å². The number of likely N-dealkylation sites (tertiary alicyclic amines) is 1. The summed E-state index contributed by atoms with van der Waals surface area (Å²) < 4.78 is 0. The third-order valence-corrected chi connectivity index (χ3v) is 4.80. The number of nitrogens with zero attached hydrogens (tertiary/aromatic N) is 1. The molecule has 2 fully saturated rings. The molecule has 1 aliphatic heterocycles. The van der Waals surface area contributed by atoms with E-state index < -0.39 is 0 Å². The first-order valence-electron chi connectivity index (χ1n) is 7.73. The van der Waals surface area contributed by atoms with Gasteiger partial charge in [0.2, 0.25) is 11.8 Å². The lowest BCUT2D eigenvalue weighted by Crippen LogP contribution is -2.56. The van der Waals surface area contributed by atoms with Crippen molar-refractivity contribution in [2.24, 2.45) is 17.8 Å². The number of hydrogen-bond acceptors (Lipinski definition) is 2. The molecular formula is C16H26N2O2. The zero-order valence-corrected chi connectivity index (χ0v) is 12.6. The molecule has 1 N–H and O–H groups in total. The molecule has 4 nitrogen and oxygen atoms in total. The highest BCUT2D eigenvalue weighted by molar-refractivity contribution is 5.90. The van der Waals surface area contributed by atoms with Crippen molar-refractivity contribution in [3.05, 3.63) is 12.7 Å². The van der Waals surface area contributed by atoms with Crippen LogP contribution in [0.1, 0.15) is 39.5 Å². The number of rotatable bonds is 4. The van der Waals surface area contributed by atoms with E-state index >= 15 is 0 Å². The van der Waals surface area contributed by atoms with E-state index in [1.54, 1.807) is 4.90 Å². The number of carbonyl (C=O) groups excluding carboxylic acids is 2. The van der Waals surface area contributed by atoms with Crippen LogP contribution >= 0.6 is 0 Å². The SMILES string of the molecule is C=CC(=O)N1CC(C(=O)NC2CCC(C(C)C)CC2)C1. The van der Waals surface area contributed by atoms with E-state index in [1.165, 1.54) is 18.9 Å². The predicted molar refractivity (Wildman–Crippen MR) is 79.0 cm³/mol. The van der Waals surface area contributed by atoms with Crippen molar-refractivity contribution in [1.29, 1.82) is 0 Å². The van der Waals surface area contributed by atoms with Crippen LogP contribution in [-0.2, 0) is 9.59 Å². The predicted octanol–water partition coefficient (Wildman–Crippen LogP) is 1.96. The fraction of sp³-hybridized carbons (Fsp3) is 0.750. The lowest BCUT2D eigenvalue weighted by atomic mass is 9.79. The third-order valence-electron chi connectivity index (χ3n) is 4.80. The van der Waals surface area contributed by atoms with Crippen molar-refractivity contribution in [3.63, 3.8) is 0 Å². The molecule has 2 rings (SSSR count). The second kappa shape index (κ2) is 6.42. The van der Waals surface area contributed by atoms with Crippen LogP contribution in [0.2, 0.25) is 0 Å². The van der Waals surface area contributed by atoms with Gasteiger partial charge in [-0.15, -0.1) is 0 Å². The largest absolute Gasteiger partial charge is 0.353 e. The van der Waals surface area contributed by atoms with Crippen LogP contribution in [0.3, 0.4) is 0 Å². The smallest absolute Gasteiger partial charge is 0.246 e. The minimum atomic E-state index is -0.0773. The summed E-state index contributed by atoms with van der Waals surface area (Å²) in [6.45, 7) is 9.10. The van der Waals surface area contributed by atoms with E-state index in [2.05, 4.69) is 25.7 Å². The molecule has 0 unspecified atom stereocenters. The molecule has 4 heteroatoms. The van der Waals surface area contributed by atoms with Crippen LogP contribution in [0.5, 0.6) is 0 Å². The van der Waals surface area contributed by atoms with Gasteiger partial charge < -0.3 is 10.2 Å². The summed E-state index contributed by atoms with van der Waals surface area (Å²) in [4.78, 5) is 25.1. The summed E-state index contributed by atoms with van der Waals surface area (Å²) in [6.07, 6.45) is 5.93. The minimum absolute atomic E-state index is 0.0262. The normalized spacial score (nSPS) is 27.1. The molecule has 2 aliphatic rings. The lowest BCUT2D eigenvalue weighted by molar-refractivity contribution is -0.139. The Morgan fingerprint density at radius 3 is 2.30 bits per heavy atom. The molecule has 1 saturated carbocycles. The van der Waals surface area contributed by atoms with E-state index in [0.717, 1.165) is 24.7 Å². The topological polar surface area (TPSA) is 49.4 Å².